The monoisotopic (exact) mass is 384 g/mol. The second-order valence-electron chi connectivity index (χ2n) is 8.88. The van der Waals surface area contributed by atoms with Gasteiger partial charge in [0.05, 0.1) is 31.0 Å². The van der Waals surface area contributed by atoms with Gasteiger partial charge in [0.2, 0.25) is 6.29 Å². The zero-order valence-corrected chi connectivity index (χ0v) is 15.6. The van der Waals surface area contributed by atoms with Gasteiger partial charge in [0.1, 0.15) is 12.2 Å². The summed E-state index contributed by atoms with van der Waals surface area (Å²) >= 11 is 0. The van der Waals surface area contributed by atoms with Crippen molar-refractivity contribution in [1.29, 1.82) is 0 Å². The Morgan fingerprint density at radius 3 is 2.22 bits per heavy atom. The first kappa shape index (κ1) is 19.6. The highest BCUT2D eigenvalue weighted by atomic mass is 16.8. The van der Waals surface area contributed by atoms with Crippen LogP contribution in [-0.4, -0.2) is 66.7 Å². The van der Waals surface area contributed by atoms with Gasteiger partial charge in [-0.15, -0.1) is 0 Å². The number of ether oxygens (including phenoxy) is 5. The van der Waals surface area contributed by atoms with Crippen molar-refractivity contribution in [2.45, 2.75) is 84.1 Å². The summed E-state index contributed by atoms with van der Waals surface area (Å²) in [5, 5.41) is 9.92. The fraction of sp³-hybridized carbons (Fsp3) is 0.950. The number of carbonyl (C=O) groups excluding carboxylic acids is 1. The second-order valence-corrected chi connectivity index (χ2v) is 8.88. The van der Waals surface area contributed by atoms with Gasteiger partial charge in [-0.1, -0.05) is 35.1 Å². The molecule has 7 nitrogen and oxygen atoms in total. The van der Waals surface area contributed by atoms with Crippen LogP contribution in [-0.2, 0) is 28.5 Å². The van der Waals surface area contributed by atoms with Crippen LogP contribution in [0.25, 0.3) is 0 Å². The number of hydrogen-bond acceptors (Lipinski definition) is 7. The topological polar surface area (TPSA) is 83.5 Å². The standard InChI is InChI=1S/C10H16O3.C9H12O4.CH4/c1-4-6-3-12-9-5(2)8(4)13-10(6)7(9)11;1-3-5-4(2)7-9(12-5)13-8(10)6(3)11-7;/h4-11H,3H2,1-2H3;3-7,9H,1-2H3;1H4/t4-,5-,6-,7+,8-,9+,10+;3-,4+,5+,6+,7-,9-;/m00./s1. The number of aliphatic hydroxyl groups is 1. The van der Waals surface area contributed by atoms with Gasteiger partial charge in [0.25, 0.3) is 0 Å². The highest BCUT2D eigenvalue weighted by molar-refractivity contribution is 5.76. The number of aliphatic hydroxyl groups excluding tert-OH is 1. The SMILES string of the molecule is C.C[C@@H]1[C@@H]2O[C@H]3OC(=O)[C@H](O[C@H]31)[C@H]2C.C[C@H]1[C@@H]2CO[C@@H]3[C@@H](C)[C@H]1O[C@H]2[C@@H]3O. The fourth-order valence-electron chi connectivity index (χ4n) is 5.88. The molecule has 1 N–H and O–H groups in total. The molecule has 6 bridgehead atoms. The van der Waals surface area contributed by atoms with Crippen LogP contribution < -0.4 is 0 Å². The lowest BCUT2D eigenvalue weighted by Gasteiger charge is -2.42. The normalized spacial score (nSPS) is 59.0. The van der Waals surface area contributed by atoms with Gasteiger partial charge in [-0.05, 0) is 5.92 Å². The van der Waals surface area contributed by atoms with Crippen LogP contribution in [0.3, 0.4) is 0 Å². The molecule has 6 rings (SSSR count). The molecule has 6 heterocycles. The molecule has 6 fully saturated rings. The smallest absolute Gasteiger partial charge is 0.338 e. The molecule has 6 saturated heterocycles. The summed E-state index contributed by atoms with van der Waals surface area (Å²) in [4.78, 5) is 11.3. The molecule has 0 aromatic rings. The predicted octanol–water partition coefficient (Wildman–Crippen LogP) is 1.36. The van der Waals surface area contributed by atoms with E-state index in [-0.39, 0.29) is 43.7 Å². The third-order valence-electron chi connectivity index (χ3n) is 7.48. The number of esters is 1. The molecule has 0 aromatic carbocycles. The van der Waals surface area contributed by atoms with E-state index in [9.17, 15) is 9.90 Å². The maximum absolute atomic E-state index is 11.3. The minimum atomic E-state index is -0.450. The summed E-state index contributed by atoms with van der Waals surface area (Å²) in [5.41, 5.74) is 0. The van der Waals surface area contributed by atoms with E-state index in [2.05, 4.69) is 20.8 Å². The van der Waals surface area contributed by atoms with Crippen molar-refractivity contribution >= 4 is 5.97 Å². The van der Waals surface area contributed by atoms with Gasteiger partial charge in [0, 0.05) is 23.7 Å². The van der Waals surface area contributed by atoms with E-state index in [1.165, 1.54) is 0 Å². The maximum atomic E-state index is 11.3. The first-order chi connectivity index (χ1) is 12.4. The minimum Gasteiger partial charge on any atom is -0.431 e. The highest BCUT2D eigenvalue weighted by Gasteiger charge is 2.60. The van der Waals surface area contributed by atoms with Crippen LogP contribution in [0.2, 0.25) is 0 Å². The molecule has 0 radical (unpaired) electrons. The number of hydrogen-bond donors (Lipinski definition) is 1. The van der Waals surface area contributed by atoms with Crippen LogP contribution in [0.4, 0.5) is 0 Å². The van der Waals surface area contributed by atoms with Crippen molar-refractivity contribution in [3.05, 3.63) is 0 Å². The van der Waals surface area contributed by atoms with Gasteiger partial charge in [-0.2, -0.15) is 0 Å². The van der Waals surface area contributed by atoms with Crippen molar-refractivity contribution in [2.75, 3.05) is 6.61 Å². The molecule has 27 heavy (non-hydrogen) atoms. The van der Waals surface area contributed by atoms with Crippen molar-refractivity contribution < 1.29 is 33.6 Å². The first-order valence-electron chi connectivity index (χ1n) is 9.85. The van der Waals surface area contributed by atoms with E-state index in [1.807, 2.05) is 6.92 Å². The van der Waals surface area contributed by atoms with Crippen molar-refractivity contribution in [1.82, 2.24) is 0 Å². The zero-order valence-electron chi connectivity index (χ0n) is 15.6. The Kier molecular flexibility index (Phi) is 4.83. The zero-order chi connectivity index (χ0) is 18.3. The van der Waals surface area contributed by atoms with E-state index in [1.54, 1.807) is 0 Å². The Morgan fingerprint density at radius 1 is 0.815 bits per heavy atom. The number of fused-ring (bicyclic) bond motifs is 4. The summed E-state index contributed by atoms with van der Waals surface area (Å²) in [6.07, 6.45) is -0.775. The molecule has 0 unspecified atom stereocenters. The summed E-state index contributed by atoms with van der Waals surface area (Å²) < 4.78 is 27.8. The second kappa shape index (κ2) is 6.66. The number of carbonyl (C=O) groups is 1. The first-order valence-corrected chi connectivity index (χ1v) is 9.85. The van der Waals surface area contributed by atoms with Crippen LogP contribution in [0.5, 0.6) is 0 Å². The maximum Gasteiger partial charge on any atom is 0.338 e. The van der Waals surface area contributed by atoms with Gasteiger partial charge in [0.15, 0.2) is 6.10 Å². The lowest BCUT2D eigenvalue weighted by molar-refractivity contribution is -0.225. The molecular weight excluding hydrogens is 352 g/mol. The molecule has 0 saturated carbocycles. The Hall–Kier alpha value is -0.730. The van der Waals surface area contributed by atoms with E-state index in [0.717, 1.165) is 6.61 Å². The van der Waals surface area contributed by atoms with E-state index in [0.29, 0.717) is 29.8 Å². The van der Waals surface area contributed by atoms with Crippen LogP contribution >= 0.6 is 0 Å². The lowest BCUT2D eigenvalue weighted by atomic mass is 9.84. The largest absolute Gasteiger partial charge is 0.431 e. The van der Waals surface area contributed by atoms with Crippen molar-refractivity contribution in [3.8, 4) is 0 Å². The molecule has 6 aliphatic rings. The Balaban J connectivity index is 0.000000129. The van der Waals surface area contributed by atoms with Gasteiger partial charge >= 0.3 is 5.97 Å². The van der Waals surface area contributed by atoms with Crippen molar-refractivity contribution in [2.24, 2.45) is 29.6 Å². The Bertz CT molecular complexity index is 575. The van der Waals surface area contributed by atoms with Crippen LogP contribution in [0, 0.1) is 29.6 Å². The highest BCUT2D eigenvalue weighted by Crippen LogP contribution is 2.48. The fourth-order valence-corrected chi connectivity index (χ4v) is 5.88. The Labute approximate surface area is 160 Å². The van der Waals surface area contributed by atoms with Crippen LogP contribution in [0.1, 0.15) is 35.1 Å². The molecule has 0 amide bonds. The third kappa shape index (κ3) is 2.62. The van der Waals surface area contributed by atoms with E-state index < -0.39 is 18.5 Å². The molecule has 7 heteroatoms. The van der Waals surface area contributed by atoms with Gasteiger partial charge in [-0.25, -0.2) is 4.79 Å². The van der Waals surface area contributed by atoms with E-state index >= 15 is 0 Å². The average molecular weight is 384 g/mol. The minimum absolute atomic E-state index is 0. The summed E-state index contributed by atoms with van der Waals surface area (Å²) in [6.45, 7) is 9.18. The summed E-state index contributed by atoms with van der Waals surface area (Å²) in [6, 6.07) is 0. The van der Waals surface area contributed by atoms with Crippen LogP contribution in [0.15, 0.2) is 0 Å². The summed E-state index contributed by atoms with van der Waals surface area (Å²) in [5.74, 6) is 1.50. The molecule has 6 aliphatic heterocycles. The molecular formula is C20H32O7. The Morgan fingerprint density at radius 2 is 1.48 bits per heavy atom. The molecule has 0 aliphatic carbocycles. The quantitative estimate of drug-likeness (QED) is 0.631. The lowest BCUT2D eigenvalue weighted by Crippen LogP contribution is -2.55. The molecule has 0 spiro atoms. The van der Waals surface area contributed by atoms with Gasteiger partial charge in [-0.3, -0.25) is 0 Å². The van der Waals surface area contributed by atoms with E-state index in [4.69, 9.17) is 23.7 Å². The molecule has 0 aromatic heterocycles. The molecule has 13 atom stereocenters. The predicted molar refractivity (Wildman–Crippen MR) is 94.7 cm³/mol. The summed E-state index contributed by atoms with van der Waals surface area (Å²) in [7, 11) is 0. The van der Waals surface area contributed by atoms with Gasteiger partial charge < -0.3 is 28.8 Å². The average Bonchev–Trinajstić information content (AvgIpc) is 2.95. The number of rotatable bonds is 0. The van der Waals surface area contributed by atoms with Crippen molar-refractivity contribution in [3.63, 3.8) is 0 Å². The molecule has 154 valence electrons. The third-order valence-corrected chi connectivity index (χ3v) is 7.48.